The van der Waals surface area contributed by atoms with E-state index < -0.39 is 17.9 Å². The summed E-state index contributed by atoms with van der Waals surface area (Å²) in [6.45, 7) is 0.514. The predicted octanol–water partition coefficient (Wildman–Crippen LogP) is 0.797. The zero-order chi connectivity index (χ0) is 15.4. The standard InChI is InChI=1S/C15H18N2O4/c1-17-8-7-11(9-12(17)18)14(19)16-13(15(20)21)10-5-3-2-4-6-10/h2-6,11,13H,7-9H2,1H3,(H,16,19)(H,20,21)/t11-,13-/m1/s1. The SMILES string of the molecule is CN1CC[C@@H](C(=O)N[C@@H](C(=O)O)c2ccccc2)CC1=O. The molecule has 0 spiro atoms. The number of piperidine rings is 1. The van der Waals surface area contributed by atoms with Gasteiger partial charge in [-0.3, -0.25) is 9.59 Å². The second-order valence-electron chi connectivity index (χ2n) is 5.20. The number of aliphatic carboxylic acids is 1. The number of nitrogens with one attached hydrogen (secondary N) is 1. The summed E-state index contributed by atoms with van der Waals surface area (Å²) in [7, 11) is 1.69. The fourth-order valence-corrected chi connectivity index (χ4v) is 2.36. The summed E-state index contributed by atoms with van der Waals surface area (Å²) in [6.07, 6.45) is 0.679. The molecular formula is C15H18N2O4. The Morgan fingerprint density at radius 1 is 1.33 bits per heavy atom. The maximum Gasteiger partial charge on any atom is 0.330 e. The minimum absolute atomic E-state index is 0.0898. The van der Waals surface area contributed by atoms with Gasteiger partial charge in [-0.15, -0.1) is 0 Å². The van der Waals surface area contributed by atoms with Gasteiger partial charge >= 0.3 is 5.97 Å². The van der Waals surface area contributed by atoms with Crippen LogP contribution in [0.2, 0.25) is 0 Å². The van der Waals surface area contributed by atoms with Crippen LogP contribution in [0.3, 0.4) is 0 Å². The number of amides is 2. The third kappa shape index (κ3) is 3.59. The summed E-state index contributed by atoms with van der Waals surface area (Å²) >= 11 is 0. The molecule has 1 aromatic rings. The Kier molecular flexibility index (Phi) is 4.57. The molecule has 2 amide bonds. The van der Waals surface area contributed by atoms with Crippen LogP contribution in [0.4, 0.5) is 0 Å². The fraction of sp³-hybridized carbons (Fsp3) is 0.400. The number of rotatable bonds is 4. The molecule has 1 saturated heterocycles. The van der Waals surface area contributed by atoms with Crippen molar-refractivity contribution >= 4 is 17.8 Å². The molecule has 6 nitrogen and oxygen atoms in total. The van der Waals surface area contributed by atoms with Gasteiger partial charge in [0.2, 0.25) is 11.8 Å². The van der Waals surface area contributed by atoms with Gasteiger partial charge in [-0.25, -0.2) is 4.79 Å². The van der Waals surface area contributed by atoms with E-state index in [1.165, 1.54) is 0 Å². The van der Waals surface area contributed by atoms with Crippen LogP contribution < -0.4 is 5.32 Å². The number of nitrogens with zero attached hydrogens (tertiary/aromatic N) is 1. The van der Waals surface area contributed by atoms with Crippen molar-refractivity contribution in [1.82, 2.24) is 10.2 Å². The van der Waals surface area contributed by atoms with Crippen LogP contribution in [0.15, 0.2) is 30.3 Å². The highest BCUT2D eigenvalue weighted by Gasteiger charge is 2.31. The molecule has 1 aliphatic rings. The average molecular weight is 290 g/mol. The molecule has 0 saturated carbocycles. The Morgan fingerprint density at radius 2 is 2.00 bits per heavy atom. The zero-order valence-corrected chi connectivity index (χ0v) is 11.8. The van der Waals surface area contributed by atoms with Gasteiger partial charge in [-0.05, 0) is 12.0 Å². The summed E-state index contributed by atoms with van der Waals surface area (Å²) < 4.78 is 0. The smallest absolute Gasteiger partial charge is 0.330 e. The van der Waals surface area contributed by atoms with Crippen LogP contribution in [0.1, 0.15) is 24.4 Å². The maximum absolute atomic E-state index is 12.2. The number of hydrogen-bond acceptors (Lipinski definition) is 3. The first-order chi connectivity index (χ1) is 9.99. The maximum atomic E-state index is 12.2. The summed E-state index contributed by atoms with van der Waals surface area (Å²) in [4.78, 5) is 36.7. The van der Waals surface area contributed by atoms with Crippen LogP contribution in [-0.2, 0) is 14.4 Å². The molecule has 0 aliphatic carbocycles. The van der Waals surface area contributed by atoms with Crippen LogP contribution in [0.25, 0.3) is 0 Å². The highest BCUT2D eigenvalue weighted by Crippen LogP contribution is 2.20. The number of carbonyl (C=O) groups is 3. The molecule has 2 rings (SSSR count). The predicted molar refractivity (Wildman–Crippen MR) is 75.3 cm³/mol. The molecule has 2 atom stereocenters. The second kappa shape index (κ2) is 6.39. The molecular weight excluding hydrogens is 272 g/mol. The topological polar surface area (TPSA) is 86.7 Å². The van der Waals surface area contributed by atoms with E-state index in [2.05, 4.69) is 5.32 Å². The lowest BCUT2D eigenvalue weighted by Gasteiger charge is -2.28. The highest BCUT2D eigenvalue weighted by atomic mass is 16.4. The van der Waals surface area contributed by atoms with Crippen molar-refractivity contribution in [2.24, 2.45) is 5.92 Å². The quantitative estimate of drug-likeness (QED) is 0.858. The Hall–Kier alpha value is -2.37. The summed E-state index contributed by atoms with van der Waals surface area (Å²) in [5.41, 5.74) is 0.512. The monoisotopic (exact) mass is 290 g/mol. The van der Waals surface area contributed by atoms with E-state index in [9.17, 15) is 19.5 Å². The van der Waals surface area contributed by atoms with E-state index in [0.29, 0.717) is 18.5 Å². The number of carboxylic acid groups (broad SMARTS) is 1. The molecule has 0 bridgehead atoms. The van der Waals surface area contributed by atoms with E-state index in [1.54, 1.807) is 42.3 Å². The minimum Gasteiger partial charge on any atom is -0.479 e. The molecule has 1 aliphatic heterocycles. The molecule has 1 fully saturated rings. The van der Waals surface area contributed by atoms with Crippen molar-refractivity contribution in [2.75, 3.05) is 13.6 Å². The van der Waals surface area contributed by atoms with Gasteiger partial charge in [0, 0.05) is 25.9 Å². The van der Waals surface area contributed by atoms with Crippen LogP contribution in [0.5, 0.6) is 0 Å². The first kappa shape index (κ1) is 15.0. The molecule has 6 heteroatoms. The average Bonchev–Trinajstić information content (AvgIpc) is 2.48. The van der Waals surface area contributed by atoms with Gasteiger partial charge in [0.05, 0.1) is 0 Å². The van der Waals surface area contributed by atoms with Gasteiger partial charge in [0.25, 0.3) is 0 Å². The van der Waals surface area contributed by atoms with Crippen molar-refractivity contribution in [3.8, 4) is 0 Å². The molecule has 1 heterocycles. The number of carbonyl (C=O) groups excluding carboxylic acids is 2. The normalized spacial score (nSPS) is 20.0. The Morgan fingerprint density at radius 3 is 2.57 bits per heavy atom. The van der Waals surface area contributed by atoms with Crippen molar-refractivity contribution < 1.29 is 19.5 Å². The molecule has 1 aromatic carbocycles. The lowest BCUT2D eigenvalue weighted by atomic mass is 9.95. The fourth-order valence-electron chi connectivity index (χ4n) is 2.36. The van der Waals surface area contributed by atoms with E-state index in [0.717, 1.165) is 0 Å². The van der Waals surface area contributed by atoms with E-state index >= 15 is 0 Å². The molecule has 0 radical (unpaired) electrons. The number of likely N-dealkylation sites (tertiary alicyclic amines) is 1. The van der Waals surface area contributed by atoms with Crippen molar-refractivity contribution in [2.45, 2.75) is 18.9 Å². The van der Waals surface area contributed by atoms with E-state index in [-0.39, 0.29) is 18.2 Å². The molecule has 2 N–H and O–H groups in total. The van der Waals surface area contributed by atoms with Gasteiger partial charge in [0.15, 0.2) is 6.04 Å². The molecule has 112 valence electrons. The lowest BCUT2D eigenvalue weighted by Crippen LogP contribution is -2.44. The van der Waals surface area contributed by atoms with Gasteiger partial charge < -0.3 is 15.3 Å². The van der Waals surface area contributed by atoms with Gasteiger partial charge in [-0.1, -0.05) is 30.3 Å². The largest absolute Gasteiger partial charge is 0.479 e. The lowest BCUT2D eigenvalue weighted by molar-refractivity contribution is -0.144. The van der Waals surface area contributed by atoms with Gasteiger partial charge in [-0.2, -0.15) is 0 Å². The molecule has 0 aromatic heterocycles. The Labute approximate surface area is 122 Å². The van der Waals surface area contributed by atoms with Crippen LogP contribution >= 0.6 is 0 Å². The number of carboxylic acids is 1. The van der Waals surface area contributed by atoms with Gasteiger partial charge in [0.1, 0.15) is 0 Å². The molecule has 21 heavy (non-hydrogen) atoms. The summed E-state index contributed by atoms with van der Waals surface area (Å²) in [6, 6.07) is 7.43. The Bertz CT molecular complexity index is 544. The van der Waals surface area contributed by atoms with E-state index in [1.807, 2.05) is 0 Å². The zero-order valence-electron chi connectivity index (χ0n) is 11.8. The summed E-state index contributed by atoms with van der Waals surface area (Å²) in [5, 5.41) is 11.8. The third-order valence-electron chi connectivity index (χ3n) is 3.70. The summed E-state index contributed by atoms with van der Waals surface area (Å²) in [5.74, 6) is -2.05. The van der Waals surface area contributed by atoms with Crippen LogP contribution in [0, 0.1) is 5.92 Å². The third-order valence-corrected chi connectivity index (χ3v) is 3.70. The number of benzene rings is 1. The minimum atomic E-state index is -1.12. The van der Waals surface area contributed by atoms with Crippen LogP contribution in [-0.4, -0.2) is 41.4 Å². The van der Waals surface area contributed by atoms with Crippen molar-refractivity contribution in [3.05, 3.63) is 35.9 Å². The molecule has 0 unspecified atom stereocenters. The highest BCUT2D eigenvalue weighted by molar-refractivity contribution is 5.89. The Balaban J connectivity index is 2.06. The first-order valence-corrected chi connectivity index (χ1v) is 6.81. The van der Waals surface area contributed by atoms with E-state index in [4.69, 9.17) is 0 Å². The second-order valence-corrected chi connectivity index (χ2v) is 5.20. The van der Waals surface area contributed by atoms with Crippen molar-refractivity contribution in [3.63, 3.8) is 0 Å². The van der Waals surface area contributed by atoms with Crippen molar-refractivity contribution in [1.29, 1.82) is 0 Å². The number of hydrogen-bond donors (Lipinski definition) is 2. The first-order valence-electron chi connectivity index (χ1n) is 6.81.